The first-order valence-electron chi connectivity index (χ1n) is 7.27. The van der Waals surface area contributed by atoms with Gasteiger partial charge in [0, 0.05) is 0 Å². The summed E-state index contributed by atoms with van der Waals surface area (Å²) in [5.41, 5.74) is 1.06. The zero-order valence-electron chi connectivity index (χ0n) is 11.7. The molecule has 1 aromatic rings. The lowest BCUT2D eigenvalue weighted by Crippen LogP contribution is -2.28. The molecule has 3 rings (SSSR count). The second-order valence-corrected chi connectivity index (χ2v) is 5.87. The number of hydrogen-bond donors (Lipinski definition) is 1. The minimum atomic E-state index is -0.684. The van der Waals surface area contributed by atoms with E-state index in [0.717, 1.165) is 36.3 Å². The van der Waals surface area contributed by atoms with Crippen LogP contribution in [0.4, 0.5) is 0 Å². The molecule has 1 fully saturated rings. The molecule has 3 atom stereocenters. The Hall–Kier alpha value is -1.71. The van der Waals surface area contributed by atoms with Crippen molar-refractivity contribution >= 4 is 5.97 Å². The first-order chi connectivity index (χ1) is 9.65. The molecule has 1 saturated carbocycles. The van der Waals surface area contributed by atoms with E-state index in [2.05, 4.69) is 6.92 Å². The monoisotopic (exact) mass is 276 g/mol. The number of carbonyl (C=O) groups is 1. The van der Waals surface area contributed by atoms with Crippen molar-refractivity contribution in [1.82, 2.24) is 0 Å². The zero-order valence-corrected chi connectivity index (χ0v) is 11.7. The van der Waals surface area contributed by atoms with E-state index in [0.29, 0.717) is 19.1 Å². The van der Waals surface area contributed by atoms with Gasteiger partial charge >= 0.3 is 5.97 Å². The van der Waals surface area contributed by atoms with E-state index < -0.39 is 5.97 Å². The van der Waals surface area contributed by atoms with Gasteiger partial charge in [0.25, 0.3) is 0 Å². The molecule has 3 unspecified atom stereocenters. The predicted molar refractivity (Wildman–Crippen MR) is 74.3 cm³/mol. The highest BCUT2D eigenvalue weighted by atomic mass is 16.6. The van der Waals surface area contributed by atoms with Crippen LogP contribution in [0.5, 0.6) is 11.5 Å². The van der Waals surface area contributed by atoms with Gasteiger partial charge in [-0.2, -0.15) is 0 Å². The zero-order chi connectivity index (χ0) is 14.1. The number of rotatable bonds is 2. The standard InChI is InChI=1S/C16H20O4/c1-10-2-4-12(16(17)18)13(8-10)11-3-5-14-15(9-11)20-7-6-19-14/h3,5,9-10,12-13H,2,4,6-8H2,1H3,(H,17,18). The summed E-state index contributed by atoms with van der Waals surface area (Å²) in [4.78, 5) is 11.5. The molecule has 4 heteroatoms. The predicted octanol–water partition coefficient (Wildman–Crippen LogP) is 3.06. The van der Waals surface area contributed by atoms with Gasteiger partial charge < -0.3 is 14.6 Å². The molecule has 2 aliphatic rings. The van der Waals surface area contributed by atoms with Crippen LogP contribution in [0.2, 0.25) is 0 Å². The average molecular weight is 276 g/mol. The molecule has 0 amide bonds. The summed E-state index contributed by atoms with van der Waals surface area (Å²) in [6, 6.07) is 5.86. The topological polar surface area (TPSA) is 55.8 Å². The molecular weight excluding hydrogens is 256 g/mol. The smallest absolute Gasteiger partial charge is 0.307 e. The van der Waals surface area contributed by atoms with Crippen LogP contribution < -0.4 is 9.47 Å². The fraction of sp³-hybridized carbons (Fsp3) is 0.562. The van der Waals surface area contributed by atoms with Gasteiger partial charge in [-0.25, -0.2) is 0 Å². The summed E-state index contributed by atoms with van der Waals surface area (Å²) in [6.07, 6.45) is 2.68. The number of carboxylic acid groups (broad SMARTS) is 1. The number of ether oxygens (including phenoxy) is 2. The summed E-state index contributed by atoms with van der Waals surface area (Å²) < 4.78 is 11.1. The molecule has 1 aromatic carbocycles. The minimum absolute atomic E-state index is 0.0760. The molecular formula is C16H20O4. The van der Waals surface area contributed by atoms with Crippen LogP contribution in [0.1, 0.15) is 37.7 Å². The molecule has 0 aromatic heterocycles. The van der Waals surface area contributed by atoms with Crippen LogP contribution in [0.25, 0.3) is 0 Å². The number of fused-ring (bicyclic) bond motifs is 1. The van der Waals surface area contributed by atoms with Crippen LogP contribution >= 0.6 is 0 Å². The summed E-state index contributed by atoms with van der Waals surface area (Å²) in [6.45, 7) is 3.33. The third-order valence-corrected chi connectivity index (χ3v) is 4.42. The van der Waals surface area contributed by atoms with Crippen LogP contribution in [-0.4, -0.2) is 24.3 Å². The molecule has 0 radical (unpaired) electrons. The molecule has 1 N–H and O–H groups in total. The molecule has 1 aliphatic heterocycles. The summed E-state index contributed by atoms with van der Waals surface area (Å²) in [7, 11) is 0. The van der Waals surface area contributed by atoms with E-state index in [4.69, 9.17) is 9.47 Å². The number of carboxylic acids is 1. The maximum Gasteiger partial charge on any atom is 0.307 e. The minimum Gasteiger partial charge on any atom is -0.486 e. The summed E-state index contributed by atoms with van der Waals surface area (Å²) in [5.74, 6) is 1.19. The lowest BCUT2D eigenvalue weighted by molar-refractivity contribution is -0.143. The lowest BCUT2D eigenvalue weighted by atomic mass is 9.71. The van der Waals surface area contributed by atoms with E-state index in [9.17, 15) is 9.90 Å². The van der Waals surface area contributed by atoms with E-state index >= 15 is 0 Å². The number of hydrogen-bond acceptors (Lipinski definition) is 3. The molecule has 20 heavy (non-hydrogen) atoms. The Bertz CT molecular complexity index is 511. The lowest BCUT2D eigenvalue weighted by Gasteiger charge is -2.33. The summed E-state index contributed by atoms with van der Waals surface area (Å²) in [5, 5.41) is 9.44. The van der Waals surface area contributed by atoms with Crippen molar-refractivity contribution in [3.8, 4) is 11.5 Å². The van der Waals surface area contributed by atoms with Gasteiger partial charge in [-0.15, -0.1) is 0 Å². The molecule has 108 valence electrons. The van der Waals surface area contributed by atoms with E-state index in [1.807, 2.05) is 18.2 Å². The van der Waals surface area contributed by atoms with E-state index in [1.54, 1.807) is 0 Å². The summed E-state index contributed by atoms with van der Waals surface area (Å²) >= 11 is 0. The molecule has 4 nitrogen and oxygen atoms in total. The fourth-order valence-electron chi connectivity index (χ4n) is 3.34. The van der Waals surface area contributed by atoms with Crippen molar-refractivity contribution in [2.75, 3.05) is 13.2 Å². The van der Waals surface area contributed by atoms with E-state index in [-0.39, 0.29) is 11.8 Å². The number of benzene rings is 1. The van der Waals surface area contributed by atoms with Gasteiger partial charge in [-0.1, -0.05) is 13.0 Å². The Morgan fingerprint density at radius 1 is 1.20 bits per heavy atom. The van der Waals surface area contributed by atoms with Crippen molar-refractivity contribution in [2.45, 2.75) is 32.1 Å². The first kappa shape index (κ1) is 13.3. The third kappa shape index (κ3) is 2.47. The Balaban J connectivity index is 1.90. The van der Waals surface area contributed by atoms with Crippen LogP contribution in [0.15, 0.2) is 18.2 Å². The van der Waals surface area contributed by atoms with Gasteiger partial charge in [0.1, 0.15) is 13.2 Å². The maximum absolute atomic E-state index is 11.5. The first-order valence-corrected chi connectivity index (χ1v) is 7.27. The number of aliphatic carboxylic acids is 1. The van der Waals surface area contributed by atoms with Gasteiger partial charge in [0.05, 0.1) is 5.92 Å². The molecule has 1 heterocycles. The fourth-order valence-corrected chi connectivity index (χ4v) is 3.34. The normalized spacial score (nSPS) is 28.9. The Morgan fingerprint density at radius 2 is 1.95 bits per heavy atom. The Kier molecular flexibility index (Phi) is 3.55. The highest BCUT2D eigenvalue weighted by Crippen LogP contribution is 2.43. The van der Waals surface area contributed by atoms with Crippen molar-refractivity contribution in [1.29, 1.82) is 0 Å². The molecule has 0 spiro atoms. The SMILES string of the molecule is CC1CCC(C(=O)O)C(c2ccc3c(c2)OCCO3)C1. The second-order valence-electron chi connectivity index (χ2n) is 5.87. The van der Waals surface area contributed by atoms with Gasteiger partial charge in [-0.3, -0.25) is 4.79 Å². The third-order valence-electron chi connectivity index (χ3n) is 4.42. The van der Waals surface area contributed by atoms with Crippen LogP contribution in [-0.2, 0) is 4.79 Å². The van der Waals surface area contributed by atoms with Crippen LogP contribution in [0, 0.1) is 11.8 Å². The average Bonchev–Trinajstić information content (AvgIpc) is 2.46. The highest BCUT2D eigenvalue weighted by molar-refractivity contribution is 5.71. The highest BCUT2D eigenvalue weighted by Gasteiger charge is 2.35. The molecule has 0 bridgehead atoms. The van der Waals surface area contributed by atoms with Crippen LogP contribution in [0.3, 0.4) is 0 Å². The Morgan fingerprint density at radius 3 is 2.70 bits per heavy atom. The second kappa shape index (κ2) is 5.35. The maximum atomic E-state index is 11.5. The van der Waals surface area contributed by atoms with Crippen molar-refractivity contribution in [2.24, 2.45) is 11.8 Å². The molecule has 0 saturated heterocycles. The largest absolute Gasteiger partial charge is 0.486 e. The quantitative estimate of drug-likeness (QED) is 0.902. The van der Waals surface area contributed by atoms with Crippen molar-refractivity contribution in [3.63, 3.8) is 0 Å². The Labute approximate surface area is 118 Å². The van der Waals surface area contributed by atoms with Gasteiger partial charge in [0.2, 0.25) is 0 Å². The van der Waals surface area contributed by atoms with Crippen molar-refractivity contribution < 1.29 is 19.4 Å². The van der Waals surface area contributed by atoms with Gasteiger partial charge in [0.15, 0.2) is 11.5 Å². The van der Waals surface area contributed by atoms with Gasteiger partial charge in [-0.05, 0) is 48.8 Å². The molecule has 1 aliphatic carbocycles. The van der Waals surface area contributed by atoms with E-state index in [1.165, 1.54) is 0 Å². The van der Waals surface area contributed by atoms with Crippen molar-refractivity contribution in [3.05, 3.63) is 23.8 Å².